The molecule has 1 heterocycles. The Labute approximate surface area is 140 Å². The molecule has 122 valence electrons. The molecular weight excluding hydrogens is 317 g/mol. The maximum absolute atomic E-state index is 13.6. The number of amides is 1. The van der Waals surface area contributed by atoms with E-state index in [0.29, 0.717) is 18.2 Å². The first-order valence-corrected chi connectivity index (χ1v) is 8.38. The van der Waals surface area contributed by atoms with Crippen molar-refractivity contribution in [1.29, 1.82) is 5.26 Å². The zero-order chi connectivity index (χ0) is 16.4. The summed E-state index contributed by atoms with van der Waals surface area (Å²) in [5.41, 5.74) is 0.597. The minimum atomic E-state index is -0.553. The van der Waals surface area contributed by atoms with Gasteiger partial charge in [0.25, 0.3) is 0 Å². The van der Waals surface area contributed by atoms with Gasteiger partial charge in [0.05, 0.1) is 11.5 Å². The highest BCUT2D eigenvalue weighted by atomic mass is 35.5. The van der Waals surface area contributed by atoms with E-state index in [9.17, 15) is 9.18 Å². The van der Waals surface area contributed by atoms with E-state index in [2.05, 4.69) is 10.6 Å². The van der Waals surface area contributed by atoms with E-state index in [-0.39, 0.29) is 28.8 Å². The molecule has 2 fully saturated rings. The summed E-state index contributed by atoms with van der Waals surface area (Å²) >= 11 is 6.24. The Balaban J connectivity index is 1.60. The molecule has 6 heteroatoms. The number of anilines is 1. The lowest BCUT2D eigenvalue weighted by Crippen LogP contribution is -2.53. The summed E-state index contributed by atoms with van der Waals surface area (Å²) < 4.78 is 13.6. The summed E-state index contributed by atoms with van der Waals surface area (Å²) in [5, 5.41) is 15.1. The molecule has 2 N–H and O–H groups in total. The van der Waals surface area contributed by atoms with Crippen molar-refractivity contribution < 1.29 is 9.18 Å². The molecule has 0 radical (unpaired) electrons. The van der Waals surface area contributed by atoms with Crippen molar-refractivity contribution in [3.05, 3.63) is 29.6 Å². The van der Waals surface area contributed by atoms with Crippen molar-refractivity contribution in [2.75, 3.05) is 11.9 Å². The summed E-state index contributed by atoms with van der Waals surface area (Å²) in [6, 6.07) is 6.42. The van der Waals surface area contributed by atoms with Gasteiger partial charge in [-0.05, 0) is 49.8 Å². The van der Waals surface area contributed by atoms with Gasteiger partial charge in [0.15, 0.2) is 0 Å². The lowest BCUT2D eigenvalue weighted by Gasteiger charge is -2.41. The molecule has 0 bridgehead atoms. The number of halogens is 2. The molecule has 1 saturated heterocycles. The third-order valence-electron chi connectivity index (χ3n) is 4.85. The van der Waals surface area contributed by atoms with Gasteiger partial charge < -0.3 is 10.6 Å². The quantitative estimate of drug-likeness (QED) is 0.834. The topological polar surface area (TPSA) is 64.9 Å². The molecule has 0 spiro atoms. The maximum Gasteiger partial charge on any atom is 0.225 e. The molecule has 0 aromatic heterocycles. The number of piperidine rings is 1. The van der Waals surface area contributed by atoms with Gasteiger partial charge >= 0.3 is 0 Å². The molecule has 1 saturated carbocycles. The van der Waals surface area contributed by atoms with Crippen molar-refractivity contribution in [2.24, 2.45) is 11.8 Å². The van der Waals surface area contributed by atoms with Crippen LogP contribution in [0.2, 0.25) is 0 Å². The number of hydrogen-bond donors (Lipinski definition) is 2. The van der Waals surface area contributed by atoms with E-state index in [0.717, 1.165) is 25.7 Å². The highest BCUT2D eigenvalue weighted by Gasteiger charge is 2.38. The van der Waals surface area contributed by atoms with Crippen LogP contribution in [-0.4, -0.2) is 23.9 Å². The number of benzene rings is 1. The highest BCUT2D eigenvalue weighted by Crippen LogP contribution is 2.35. The monoisotopic (exact) mass is 335 g/mol. The standard InChI is InChI=1S/C17H19ClFN3O/c18-13-2-4-16-11(6-13)5-12(17(23)22-16)9-21-14-3-1-10(8-20)15(19)7-14/h1,3,7,11-13,16,21H,2,4-6,9H2,(H,22,23). The average Bonchev–Trinajstić information content (AvgIpc) is 2.53. The predicted molar refractivity (Wildman–Crippen MR) is 86.6 cm³/mol. The van der Waals surface area contributed by atoms with Gasteiger partial charge in [0, 0.05) is 23.7 Å². The van der Waals surface area contributed by atoms with Crippen molar-refractivity contribution >= 4 is 23.2 Å². The number of carbonyl (C=O) groups excluding carboxylic acids is 1. The molecule has 4 atom stereocenters. The van der Waals surface area contributed by atoms with E-state index >= 15 is 0 Å². The SMILES string of the molecule is N#Cc1ccc(NCC2CC3CC(Cl)CCC3NC2=O)cc1F. The lowest BCUT2D eigenvalue weighted by molar-refractivity contribution is -0.129. The summed E-state index contributed by atoms with van der Waals surface area (Å²) in [7, 11) is 0. The van der Waals surface area contributed by atoms with E-state index in [4.69, 9.17) is 16.9 Å². The van der Waals surface area contributed by atoms with Gasteiger partial charge in [0.2, 0.25) is 5.91 Å². The van der Waals surface area contributed by atoms with Crippen LogP contribution in [0.1, 0.15) is 31.2 Å². The van der Waals surface area contributed by atoms with Crippen LogP contribution in [0.4, 0.5) is 10.1 Å². The minimum absolute atomic E-state index is 0.0177. The second-order valence-electron chi connectivity index (χ2n) is 6.41. The molecule has 1 aliphatic carbocycles. The first-order chi connectivity index (χ1) is 11.1. The van der Waals surface area contributed by atoms with Crippen molar-refractivity contribution in [3.63, 3.8) is 0 Å². The Morgan fingerprint density at radius 2 is 2.22 bits per heavy atom. The normalized spacial score (nSPS) is 30.0. The fourth-order valence-corrected chi connectivity index (χ4v) is 3.92. The molecule has 2 aliphatic rings. The van der Waals surface area contributed by atoms with Crippen LogP contribution < -0.4 is 10.6 Å². The predicted octanol–water partition coefficient (Wildman–Crippen LogP) is 3.02. The number of alkyl halides is 1. The second kappa shape index (κ2) is 6.76. The number of hydrogen-bond acceptors (Lipinski definition) is 3. The number of nitrogens with zero attached hydrogens (tertiary/aromatic N) is 1. The van der Waals surface area contributed by atoms with Gasteiger partial charge in [-0.25, -0.2) is 4.39 Å². The minimum Gasteiger partial charge on any atom is -0.384 e. The third kappa shape index (κ3) is 3.59. The fourth-order valence-electron chi connectivity index (χ4n) is 3.56. The Morgan fingerprint density at radius 1 is 1.39 bits per heavy atom. The summed E-state index contributed by atoms with van der Waals surface area (Å²) in [6.45, 7) is 0.452. The summed E-state index contributed by atoms with van der Waals surface area (Å²) in [6.07, 6.45) is 3.65. The van der Waals surface area contributed by atoms with Crippen LogP contribution in [0, 0.1) is 29.0 Å². The summed E-state index contributed by atoms with van der Waals surface area (Å²) in [4.78, 5) is 12.2. The van der Waals surface area contributed by atoms with Crippen LogP contribution in [0.25, 0.3) is 0 Å². The molecule has 23 heavy (non-hydrogen) atoms. The molecule has 1 aromatic rings. The zero-order valence-electron chi connectivity index (χ0n) is 12.7. The van der Waals surface area contributed by atoms with Crippen LogP contribution in [0.3, 0.4) is 0 Å². The van der Waals surface area contributed by atoms with E-state index in [1.165, 1.54) is 12.1 Å². The molecular formula is C17H19ClFN3O. The van der Waals surface area contributed by atoms with E-state index in [1.54, 1.807) is 12.1 Å². The maximum atomic E-state index is 13.6. The van der Waals surface area contributed by atoms with Gasteiger partial charge in [-0.15, -0.1) is 11.6 Å². The van der Waals surface area contributed by atoms with E-state index < -0.39 is 5.82 Å². The Kier molecular flexibility index (Phi) is 4.72. The molecule has 3 rings (SSSR count). The average molecular weight is 336 g/mol. The van der Waals surface area contributed by atoms with Crippen LogP contribution in [-0.2, 0) is 4.79 Å². The Bertz CT molecular complexity index is 645. The summed E-state index contributed by atoms with van der Waals surface area (Å²) in [5.74, 6) is -0.214. The molecule has 1 aliphatic heterocycles. The molecule has 1 amide bonds. The van der Waals surface area contributed by atoms with Crippen molar-refractivity contribution in [1.82, 2.24) is 5.32 Å². The molecule has 1 aromatic carbocycles. The molecule has 4 nitrogen and oxygen atoms in total. The first kappa shape index (κ1) is 16.1. The Hall–Kier alpha value is -1.80. The van der Waals surface area contributed by atoms with E-state index in [1.807, 2.05) is 0 Å². The second-order valence-corrected chi connectivity index (χ2v) is 7.02. The molecule has 4 unspecified atom stereocenters. The number of carbonyl (C=O) groups is 1. The Morgan fingerprint density at radius 3 is 2.96 bits per heavy atom. The van der Waals surface area contributed by atoms with Crippen molar-refractivity contribution in [2.45, 2.75) is 37.1 Å². The van der Waals surface area contributed by atoms with Crippen LogP contribution >= 0.6 is 11.6 Å². The highest BCUT2D eigenvalue weighted by molar-refractivity contribution is 6.20. The van der Waals surface area contributed by atoms with Crippen LogP contribution in [0.15, 0.2) is 18.2 Å². The van der Waals surface area contributed by atoms with Gasteiger partial charge in [-0.2, -0.15) is 5.26 Å². The van der Waals surface area contributed by atoms with Crippen LogP contribution in [0.5, 0.6) is 0 Å². The largest absolute Gasteiger partial charge is 0.384 e. The smallest absolute Gasteiger partial charge is 0.225 e. The lowest BCUT2D eigenvalue weighted by atomic mass is 9.75. The van der Waals surface area contributed by atoms with Gasteiger partial charge in [0.1, 0.15) is 11.9 Å². The number of rotatable bonds is 3. The van der Waals surface area contributed by atoms with Crippen molar-refractivity contribution in [3.8, 4) is 6.07 Å². The number of nitrogens with one attached hydrogen (secondary N) is 2. The van der Waals surface area contributed by atoms with Gasteiger partial charge in [-0.1, -0.05) is 0 Å². The fraction of sp³-hybridized carbons (Fsp3) is 0.529. The number of nitriles is 1. The third-order valence-corrected chi connectivity index (χ3v) is 5.24. The first-order valence-electron chi connectivity index (χ1n) is 7.94. The zero-order valence-corrected chi connectivity index (χ0v) is 13.4. The number of fused-ring (bicyclic) bond motifs is 1. The van der Waals surface area contributed by atoms with Gasteiger partial charge in [-0.3, -0.25) is 4.79 Å².